The number of benzene rings is 2. The van der Waals surface area contributed by atoms with E-state index in [9.17, 15) is 4.79 Å². The Bertz CT molecular complexity index is 813. The van der Waals surface area contributed by atoms with Gasteiger partial charge < -0.3 is 5.32 Å². The number of nitrogens with one attached hydrogen (secondary N) is 1. The highest BCUT2D eigenvalue weighted by molar-refractivity contribution is 9.10. The second kappa shape index (κ2) is 6.98. The molecule has 1 aromatic heterocycles. The molecule has 0 aliphatic carbocycles. The summed E-state index contributed by atoms with van der Waals surface area (Å²) in [5.41, 5.74) is 2.39. The normalized spacial score (nSPS) is 10.5. The number of aromatic nitrogens is 2. The van der Waals surface area contributed by atoms with E-state index in [-0.39, 0.29) is 5.91 Å². The van der Waals surface area contributed by atoms with Crippen LogP contribution in [0.3, 0.4) is 0 Å². The van der Waals surface area contributed by atoms with Crippen LogP contribution in [0.25, 0.3) is 0 Å². The third-order valence-corrected chi connectivity index (χ3v) is 3.93. The average Bonchev–Trinajstić information content (AvgIpc) is 2.95. The summed E-state index contributed by atoms with van der Waals surface area (Å²) in [6, 6.07) is 14.5. The molecule has 3 aromatic rings. The quantitative estimate of drug-likeness (QED) is 0.708. The summed E-state index contributed by atoms with van der Waals surface area (Å²) < 4.78 is 2.77. The molecule has 0 saturated carbocycles. The summed E-state index contributed by atoms with van der Waals surface area (Å²) in [7, 11) is 0. The largest absolute Gasteiger partial charge is 0.322 e. The van der Waals surface area contributed by atoms with Crippen molar-refractivity contribution in [1.29, 1.82) is 0 Å². The Hall–Kier alpha value is -2.11. The molecule has 1 N–H and O–H groups in total. The van der Waals surface area contributed by atoms with Gasteiger partial charge in [-0.05, 0) is 57.9 Å². The van der Waals surface area contributed by atoms with Gasteiger partial charge in [-0.3, -0.25) is 9.48 Å². The first kappa shape index (κ1) is 15.8. The van der Waals surface area contributed by atoms with Crippen LogP contribution in [0.5, 0.6) is 0 Å². The smallest absolute Gasteiger partial charge is 0.255 e. The van der Waals surface area contributed by atoms with Gasteiger partial charge in [0.2, 0.25) is 0 Å². The molecule has 6 heteroatoms. The number of rotatable bonds is 4. The van der Waals surface area contributed by atoms with Crippen LogP contribution in [0.4, 0.5) is 5.69 Å². The molecular weight excluding hydrogens is 378 g/mol. The summed E-state index contributed by atoms with van der Waals surface area (Å²) in [5.74, 6) is -0.152. The fraction of sp³-hybridized carbons (Fsp3) is 0.0588. The van der Waals surface area contributed by atoms with Crippen molar-refractivity contribution in [2.75, 3.05) is 5.32 Å². The summed E-state index contributed by atoms with van der Waals surface area (Å²) in [4.78, 5) is 12.2. The summed E-state index contributed by atoms with van der Waals surface area (Å²) in [5, 5.41) is 7.68. The van der Waals surface area contributed by atoms with Gasteiger partial charge in [-0.15, -0.1) is 0 Å². The Kier molecular flexibility index (Phi) is 4.79. The molecule has 0 bridgehead atoms. The van der Waals surface area contributed by atoms with Gasteiger partial charge in [0.05, 0.1) is 17.2 Å². The number of hydrogen-bond acceptors (Lipinski definition) is 2. The minimum atomic E-state index is -0.152. The molecule has 0 spiro atoms. The molecule has 1 amide bonds. The summed E-state index contributed by atoms with van der Waals surface area (Å²) in [6.45, 7) is 0.657. The maximum Gasteiger partial charge on any atom is 0.255 e. The van der Waals surface area contributed by atoms with E-state index in [1.54, 1.807) is 42.6 Å². The second-order valence-corrected chi connectivity index (χ2v) is 6.37. The predicted octanol–water partition coefficient (Wildman–Crippen LogP) is 4.60. The maximum atomic E-state index is 12.2. The van der Waals surface area contributed by atoms with Crippen molar-refractivity contribution in [3.63, 3.8) is 0 Å². The van der Waals surface area contributed by atoms with Crippen molar-refractivity contribution in [3.8, 4) is 0 Å². The van der Waals surface area contributed by atoms with Crippen molar-refractivity contribution in [2.24, 2.45) is 0 Å². The molecule has 23 heavy (non-hydrogen) atoms. The van der Waals surface area contributed by atoms with Gasteiger partial charge >= 0.3 is 0 Å². The van der Waals surface area contributed by atoms with Crippen LogP contribution in [0.15, 0.2) is 65.4 Å². The van der Waals surface area contributed by atoms with Crippen LogP contribution in [0.2, 0.25) is 5.02 Å². The standard InChI is InChI=1S/C17H13BrClN3O/c18-14-9-20-22(11-14)10-12-1-3-13(4-2-12)17(23)21-16-7-5-15(19)6-8-16/h1-9,11H,10H2,(H,21,23). The zero-order valence-corrected chi connectivity index (χ0v) is 14.4. The average molecular weight is 391 g/mol. The van der Waals surface area contributed by atoms with Gasteiger partial charge in [0.1, 0.15) is 0 Å². The lowest BCUT2D eigenvalue weighted by atomic mass is 10.1. The van der Waals surface area contributed by atoms with Gasteiger partial charge in [-0.2, -0.15) is 5.10 Å². The number of amides is 1. The fourth-order valence-corrected chi connectivity index (χ4v) is 2.56. The molecule has 0 radical (unpaired) electrons. The van der Waals surface area contributed by atoms with Crippen LogP contribution < -0.4 is 5.32 Å². The van der Waals surface area contributed by atoms with Crippen LogP contribution in [0, 0.1) is 0 Å². The van der Waals surface area contributed by atoms with Crippen LogP contribution >= 0.6 is 27.5 Å². The highest BCUT2D eigenvalue weighted by Crippen LogP contribution is 2.15. The van der Waals surface area contributed by atoms with Crippen molar-refractivity contribution in [2.45, 2.75) is 6.54 Å². The Labute approximate surface area is 147 Å². The zero-order chi connectivity index (χ0) is 16.2. The molecule has 0 atom stereocenters. The minimum absolute atomic E-state index is 0.152. The molecule has 4 nitrogen and oxygen atoms in total. The monoisotopic (exact) mass is 389 g/mol. The first-order valence-electron chi connectivity index (χ1n) is 6.94. The Morgan fingerprint density at radius 1 is 1.13 bits per heavy atom. The lowest BCUT2D eigenvalue weighted by Crippen LogP contribution is -2.11. The third-order valence-electron chi connectivity index (χ3n) is 3.26. The van der Waals surface area contributed by atoms with Gasteiger partial charge in [0.25, 0.3) is 5.91 Å². The van der Waals surface area contributed by atoms with Crippen molar-refractivity contribution in [3.05, 3.63) is 81.5 Å². The van der Waals surface area contributed by atoms with E-state index in [0.29, 0.717) is 22.8 Å². The fourth-order valence-electron chi connectivity index (χ4n) is 2.11. The van der Waals surface area contributed by atoms with E-state index in [0.717, 1.165) is 10.0 Å². The van der Waals surface area contributed by atoms with Crippen LogP contribution in [0.1, 0.15) is 15.9 Å². The second-order valence-electron chi connectivity index (χ2n) is 5.01. The number of carbonyl (C=O) groups excluding carboxylic acids is 1. The van der Waals surface area contributed by atoms with Crippen LogP contribution in [-0.4, -0.2) is 15.7 Å². The first-order chi connectivity index (χ1) is 11.1. The highest BCUT2D eigenvalue weighted by atomic mass is 79.9. The molecule has 0 saturated heterocycles. The summed E-state index contributed by atoms with van der Waals surface area (Å²) >= 11 is 9.20. The van der Waals surface area contributed by atoms with E-state index >= 15 is 0 Å². The topological polar surface area (TPSA) is 46.9 Å². The lowest BCUT2D eigenvalue weighted by molar-refractivity contribution is 0.102. The number of halogens is 2. The maximum absolute atomic E-state index is 12.2. The number of anilines is 1. The molecule has 116 valence electrons. The van der Waals surface area contributed by atoms with Gasteiger partial charge in [-0.1, -0.05) is 23.7 Å². The summed E-state index contributed by atoms with van der Waals surface area (Å²) in [6.07, 6.45) is 3.65. The molecular formula is C17H13BrClN3O. The SMILES string of the molecule is O=C(Nc1ccc(Cl)cc1)c1ccc(Cn2cc(Br)cn2)cc1. The molecule has 3 rings (SSSR count). The molecule has 2 aromatic carbocycles. The van der Waals surface area contributed by atoms with E-state index < -0.39 is 0 Å². The van der Waals surface area contributed by atoms with Crippen molar-refractivity contribution in [1.82, 2.24) is 9.78 Å². The van der Waals surface area contributed by atoms with E-state index in [4.69, 9.17) is 11.6 Å². The van der Waals surface area contributed by atoms with Gasteiger partial charge in [0.15, 0.2) is 0 Å². The number of hydrogen-bond donors (Lipinski definition) is 1. The Morgan fingerprint density at radius 2 is 1.83 bits per heavy atom. The van der Waals surface area contributed by atoms with E-state index in [1.807, 2.05) is 23.0 Å². The van der Waals surface area contributed by atoms with Gasteiger partial charge in [0, 0.05) is 22.5 Å². The number of nitrogens with zero attached hydrogens (tertiary/aromatic N) is 2. The third kappa shape index (κ3) is 4.21. The Morgan fingerprint density at radius 3 is 2.43 bits per heavy atom. The zero-order valence-electron chi connectivity index (χ0n) is 12.0. The van der Waals surface area contributed by atoms with Crippen LogP contribution in [-0.2, 0) is 6.54 Å². The molecule has 1 heterocycles. The van der Waals surface area contributed by atoms with E-state index in [1.165, 1.54) is 0 Å². The molecule has 0 fully saturated rings. The Balaban J connectivity index is 1.66. The van der Waals surface area contributed by atoms with Gasteiger partial charge in [-0.25, -0.2) is 0 Å². The van der Waals surface area contributed by atoms with Crippen molar-refractivity contribution < 1.29 is 4.79 Å². The highest BCUT2D eigenvalue weighted by Gasteiger charge is 2.06. The van der Waals surface area contributed by atoms with E-state index in [2.05, 4.69) is 26.3 Å². The molecule has 0 aliphatic heterocycles. The lowest BCUT2D eigenvalue weighted by Gasteiger charge is -2.07. The van der Waals surface area contributed by atoms with Crippen molar-refractivity contribution >= 4 is 39.1 Å². The first-order valence-corrected chi connectivity index (χ1v) is 8.11. The predicted molar refractivity (Wildman–Crippen MR) is 94.9 cm³/mol. The molecule has 0 aliphatic rings. The number of carbonyl (C=O) groups is 1. The molecule has 0 unspecified atom stereocenters. The minimum Gasteiger partial charge on any atom is -0.322 e.